The second kappa shape index (κ2) is 6.30. The van der Waals surface area contributed by atoms with Crippen LogP contribution in [0.15, 0.2) is 24.3 Å². The molecule has 1 rings (SSSR count). The maximum Gasteiger partial charge on any atom is 0.123 e. The molecule has 0 aliphatic rings. The normalized spacial score (nSPS) is 12.4. The summed E-state index contributed by atoms with van der Waals surface area (Å²) in [6.45, 7) is 5.21. The Labute approximate surface area is 98.5 Å². The lowest BCUT2D eigenvalue weighted by Gasteiger charge is -2.23. The van der Waals surface area contributed by atoms with Gasteiger partial charge in [0.25, 0.3) is 0 Å². The molecule has 0 amide bonds. The van der Waals surface area contributed by atoms with Crippen molar-refractivity contribution in [1.82, 2.24) is 4.90 Å². The highest BCUT2D eigenvalue weighted by molar-refractivity contribution is 5.32. The molecule has 0 spiro atoms. The van der Waals surface area contributed by atoms with Gasteiger partial charge in [0.15, 0.2) is 0 Å². The molecule has 0 radical (unpaired) electrons. The summed E-state index contributed by atoms with van der Waals surface area (Å²) in [4.78, 5) is 2.13. The van der Waals surface area contributed by atoms with Gasteiger partial charge in [-0.15, -0.1) is 0 Å². The van der Waals surface area contributed by atoms with Crippen LogP contribution >= 0.6 is 0 Å². The minimum atomic E-state index is -0.118. The lowest BCUT2D eigenvalue weighted by Crippen LogP contribution is -2.25. The number of rotatable bonds is 5. The molecule has 0 bridgehead atoms. The molecule has 1 unspecified atom stereocenters. The van der Waals surface area contributed by atoms with E-state index in [0.29, 0.717) is 0 Å². The predicted octanol–water partition coefficient (Wildman–Crippen LogP) is 3.29. The number of aryl methyl sites for hydroxylation is 1. The molecule has 1 aromatic carbocycles. The van der Waals surface area contributed by atoms with Crippen molar-refractivity contribution in [2.24, 2.45) is 0 Å². The van der Waals surface area contributed by atoms with E-state index in [0.717, 1.165) is 24.9 Å². The Hall–Kier alpha value is -1.33. The molecule has 1 atom stereocenters. The Morgan fingerprint density at radius 2 is 2.06 bits per heavy atom. The fourth-order valence-electron chi connectivity index (χ4n) is 1.84. The summed E-state index contributed by atoms with van der Waals surface area (Å²) in [6, 6.07) is 10.4. The molecule has 0 aliphatic heterocycles. The number of benzene rings is 1. The molecule has 0 fully saturated rings. The van der Waals surface area contributed by atoms with E-state index < -0.39 is 0 Å². The third-order valence-corrected chi connectivity index (χ3v) is 2.91. The molecular formula is C14H20N2. The quantitative estimate of drug-likeness (QED) is 0.755. The summed E-state index contributed by atoms with van der Waals surface area (Å²) in [5, 5.41) is 9.28. The molecule has 2 heteroatoms. The van der Waals surface area contributed by atoms with Gasteiger partial charge in [0.1, 0.15) is 6.04 Å². The van der Waals surface area contributed by atoms with Gasteiger partial charge in [-0.25, -0.2) is 0 Å². The molecular weight excluding hydrogens is 196 g/mol. The first kappa shape index (κ1) is 12.7. The minimum absolute atomic E-state index is 0.118. The maximum atomic E-state index is 9.28. The van der Waals surface area contributed by atoms with Gasteiger partial charge in [-0.05, 0) is 38.1 Å². The van der Waals surface area contributed by atoms with Gasteiger partial charge in [0.05, 0.1) is 6.07 Å². The van der Waals surface area contributed by atoms with E-state index in [1.807, 2.05) is 25.2 Å². The molecule has 0 aromatic heterocycles. The van der Waals surface area contributed by atoms with Gasteiger partial charge in [0.2, 0.25) is 0 Å². The van der Waals surface area contributed by atoms with Gasteiger partial charge >= 0.3 is 0 Å². The van der Waals surface area contributed by atoms with Crippen molar-refractivity contribution in [3.8, 4) is 6.07 Å². The Kier molecular flexibility index (Phi) is 5.01. The Balaban J connectivity index is 2.83. The van der Waals surface area contributed by atoms with Gasteiger partial charge in [-0.2, -0.15) is 5.26 Å². The van der Waals surface area contributed by atoms with Crippen molar-refractivity contribution in [3.05, 3.63) is 35.4 Å². The zero-order chi connectivity index (χ0) is 12.0. The molecule has 0 N–H and O–H groups in total. The van der Waals surface area contributed by atoms with Crippen LogP contribution in [0.4, 0.5) is 0 Å². The van der Waals surface area contributed by atoms with Crippen LogP contribution in [0.1, 0.15) is 36.9 Å². The number of unbranched alkanes of at least 4 members (excludes halogenated alkanes) is 1. The monoisotopic (exact) mass is 216 g/mol. The topological polar surface area (TPSA) is 27.0 Å². The van der Waals surface area contributed by atoms with Crippen LogP contribution in [0.25, 0.3) is 0 Å². The zero-order valence-corrected chi connectivity index (χ0v) is 10.4. The number of nitriles is 1. The predicted molar refractivity (Wildman–Crippen MR) is 67.1 cm³/mol. The number of nitrogens with zero attached hydrogens (tertiary/aromatic N) is 2. The highest BCUT2D eigenvalue weighted by Gasteiger charge is 2.17. The fraction of sp³-hybridized carbons (Fsp3) is 0.500. The van der Waals surface area contributed by atoms with Crippen LogP contribution in [0.2, 0.25) is 0 Å². The summed E-state index contributed by atoms with van der Waals surface area (Å²) in [6.07, 6.45) is 2.30. The molecule has 0 saturated heterocycles. The van der Waals surface area contributed by atoms with Crippen LogP contribution < -0.4 is 0 Å². The molecule has 0 heterocycles. The summed E-state index contributed by atoms with van der Waals surface area (Å²) < 4.78 is 0. The first-order chi connectivity index (χ1) is 7.70. The summed E-state index contributed by atoms with van der Waals surface area (Å²) in [5.74, 6) is 0. The molecule has 2 nitrogen and oxygen atoms in total. The number of hydrogen-bond acceptors (Lipinski definition) is 2. The van der Waals surface area contributed by atoms with Crippen LogP contribution in [0.5, 0.6) is 0 Å². The number of hydrogen-bond donors (Lipinski definition) is 0. The first-order valence-electron chi connectivity index (χ1n) is 5.86. The summed E-state index contributed by atoms with van der Waals surface area (Å²) >= 11 is 0. The average molecular weight is 216 g/mol. The average Bonchev–Trinajstić information content (AvgIpc) is 2.30. The van der Waals surface area contributed by atoms with Crippen LogP contribution in [-0.4, -0.2) is 18.5 Å². The molecule has 0 saturated carbocycles. The van der Waals surface area contributed by atoms with E-state index in [2.05, 4.69) is 30.9 Å². The largest absolute Gasteiger partial charge is 0.287 e. The van der Waals surface area contributed by atoms with Crippen molar-refractivity contribution in [2.45, 2.75) is 32.7 Å². The molecule has 1 aromatic rings. The van der Waals surface area contributed by atoms with Crippen molar-refractivity contribution < 1.29 is 0 Å². The fourth-order valence-corrected chi connectivity index (χ4v) is 1.84. The second-order valence-corrected chi connectivity index (χ2v) is 4.22. The van der Waals surface area contributed by atoms with E-state index in [1.54, 1.807) is 0 Å². The van der Waals surface area contributed by atoms with Crippen LogP contribution in [0, 0.1) is 18.3 Å². The van der Waals surface area contributed by atoms with Crippen molar-refractivity contribution >= 4 is 0 Å². The van der Waals surface area contributed by atoms with E-state index in [1.165, 1.54) is 5.56 Å². The Morgan fingerprint density at radius 1 is 1.38 bits per heavy atom. The van der Waals surface area contributed by atoms with E-state index >= 15 is 0 Å². The van der Waals surface area contributed by atoms with E-state index in [-0.39, 0.29) is 6.04 Å². The Morgan fingerprint density at radius 3 is 2.62 bits per heavy atom. The maximum absolute atomic E-state index is 9.28. The van der Waals surface area contributed by atoms with Crippen molar-refractivity contribution in [3.63, 3.8) is 0 Å². The van der Waals surface area contributed by atoms with E-state index in [9.17, 15) is 5.26 Å². The lowest BCUT2D eigenvalue weighted by molar-refractivity contribution is 0.286. The van der Waals surface area contributed by atoms with Crippen LogP contribution in [-0.2, 0) is 0 Å². The third kappa shape index (κ3) is 3.08. The SMILES string of the molecule is CCCCN(C)C(C#N)c1ccccc1C. The smallest absolute Gasteiger partial charge is 0.123 e. The van der Waals surface area contributed by atoms with Gasteiger partial charge in [-0.3, -0.25) is 4.90 Å². The van der Waals surface area contributed by atoms with Crippen LogP contribution in [0.3, 0.4) is 0 Å². The molecule has 86 valence electrons. The summed E-state index contributed by atoms with van der Waals surface area (Å²) in [7, 11) is 2.02. The third-order valence-electron chi connectivity index (χ3n) is 2.91. The van der Waals surface area contributed by atoms with Gasteiger partial charge in [0, 0.05) is 0 Å². The summed E-state index contributed by atoms with van der Waals surface area (Å²) in [5.41, 5.74) is 2.32. The standard InChI is InChI=1S/C14H20N2/c1-4-5-10-16(3)14(11-15)13-9-7-6-8-12(13)2/h6-9,14H,4-5,10H2,1-3H3. The lowest BCUT2D eigenvalue weighted by atomic mass is 10.0. The van der Waals surface area contributed by atoms with Gasteiger partial charge in [-0.1, -0.05) is 37.6 Å². The molecule has 0 aliphatic carbocycles. The first-order valence-corrected chi connectivity index (χ1v) is 5.86. The zero-order valence-electron chi connectivity index (χ0n) is 10.4. The second-order valence-electron chi connectivity index (χ2n) is 4.22. The highest BCUT2D eigenvalue weighted by atomic mass is 15.1. The van der Waals surface area contributed by atoms with Gasteiger partial charge < -0.3 is 0 Å². The van der Waals surface area contributed by atoms with Crippen molar-refractivity contribution in [2.75, 3.05) is 13.6 Å². The van der Waals surface area contributed by atoms with E-state index in [4.69, 9.17) is 0 Å². The minimum Gasteiger partial charge on any atom is -0.287 e. The molecule has 16 heavy (non-hydrogen) atoms. The Bertz CT molecular complexity index is 365. The highest BCUT2D eigenvalue weighted by Crippen LogP contribution is 2.22. The van der Waals surface area contributed by atoms with Crippen molar-refractivity contribution in [1.29, 1.82) is 5.26 Å².